The van der Waals surface area contributed by atoms with Gasteiger partial charge in [0.25, 0.3) is 0 Å². The highest BCUT2D eigenvalue weighted by Gasteiger charge is 2.38. The first-order valence-corrected chi connectivity index (χ1v) is 12.8. The van der Waals surface area contributed by atoms with E-state index in [4.69, 9.17) is 10.7 Å². The highest BCUT2D eigenvalue weighted by atomic mass is 19.1. The van der Waals surface area contributed by atoms with Crippen LogP contribution in [0.2, 0.25) is 0 Å². The summed E-state index contributed by atoms with van der Waals surface area (Å²) in [5, 5.41) is 16.0. The molecule has 0 spiro atoms. The van der Waals surface area contributed by atoms with Crippen LogP contribution in [0.15, 0.2) is 42.5 Å². The number of nitrogens with one attached hydrogen (secondary N) is 3. The third-order valence-electron chi connectivity index (χ3n) is 7.33. The van der Waals surface area contributed by atoms with E-state index in [1.54, 1.807) is 0 Å². The molecular weight excluding hydrogens is 478 g/mol. The predicted molar refractivity (Wildman–Crippen MR) is 139 cm³/mol. The fraction of sp³-hybridized carbons (Fsp3) is 0.536. The molecule has 3 rings (SSSR count). The van der Waals surface area contributed by atoms with E-state index in [0.29, 0.717) is 5.56 Å². The minimum Gasteiger partial charge on any atom is -0.351 e. The van der Waals surface area contributed by atoms with Crippen LogP contribution in [0.5, 0.6) is 0 Å². The van der Waals surface area contributed by atoms with Gasteiger partial charge in [-0.15, -0.1) is 0 Å². The van der Waals surface area contributed by atoms with Crippen LogP contribution in [-0.2, 0) is 27.0 Å². The number of rotatable bonds is 10. The summed E-state index contributed by atoms with van der Waals surface area (Å²) in [6.07, 6.45) is 2.50. The van der Waals surface area contributed by atoms with E-state index < -0.39 is 29.3 Å². The molecular formula is C28H40F2N4O3. The first-order valence-electron chi connectivity index (χ1n) is 12.8. The molecule has 0 aromatic heterocycles. The zero-order chi connectivity index (χ0) is 27.2. The van der Waals surface area contributed by atoms with Gasteiger partial charge in [0.1, 0.15) is 17.7 Å². The maximum Gasteiger partial charge on any atom is 0.217 e. The van der Waals surface area contributed by atoms with Gasteiger partial charge < -0.3 is 15.8 Å². The normalized spacial score (nSPS) is 21.9. The van der Waals surface area contributed by atoms with Gasteiger partial charge in [0.05, 0.1) is 6.04 Å². The molecule has 2 atom stereocenters. The molecule has 37 heavy (non-hydrogen) atoms. The second-order valence-corrected chi connectivity index (χ2v) is 11.2. The highest BCUT2D eigenvalue weighted by Crippen LogP contribution is 2.39. The monoisotopic (exact) mass is 518 g/mol. The number of carbonyl (C=O) groups is 1. The van der Waals surface area contributed by atoms with Crippen molar-refractivity contribution in [3.8, 4) is 0 Å². The van der Waals surface area contributed by atoms with Crippen LogP contribution in [0.25, 0.3) is 0 Å². The van der Waals surface area contributed by atoms with Gasteiger partial charge in [-0.3, -0.25) is 9.63 Å². The second-order valence-electron chi connectivity index (χ2n) is 11.2. The van der Waals surface area contributed by atoms with E-state index in [1.807, 2.05) is 0 Å². The Kier molecular flexibility index (Phi) is 9.77. The maximum atomic E-state index is 13.8. The van der Waals surface area contributed by atoms with Crippen molar-refractivity contribution in [2.45, 2.75) is 88.9 Å². The fourth-order valence-corrected chi connectivity index (χ4v) is 5.19. The molecule has 7 nitrogen and oxygen atoms in total. The summed E-state index contributed by atoms with van der Waals surface area (Å²) in [4.78, 5) is 17.3. The van der Waals surface area contributed by atoms with Crippen molar-refractivity contribution < 1.29 is 23.6 Å². The number of halogens is 2. The van der Waals surface area contributed by atoms with Crippen LogP contribution in [0.4, 0.5) is 8.78 Å². The van der Waals surface area contributed by atoms with Crippen LogP contribution in [-0.4, -0.2) is 35.8 Å². The quantitative estimate of drug-likeness (QED) is 0.305. The molecule has 2 aromatic carbocycles. The van der Waals surface area contributed by atoms with Crippen molar-refractivity contribution in [1.29, 1.82) is 0 Å². The van der Waals surface area contributed by atoms with Crippen molar-refractivity contribution in [2.75, 3.05) is 6.54 Å². The third kappa shape index (κ3) is 7.78. The Labute approximate surface area is 218 Å². The number of hydrogen-bond donors (Lipinski definition) is 5. The first-order chi connectivity index (χ1) is 17.5. The van der Waals surface area contributed by atoms with Crippen molar-refractivity contribution in [2.24, 2.45) is 5.90 Å². The summed E-state index contributed by atoms with van der Waals surface area (Å²) < 4.78 is 27.6. The lowest BCUT2D eigenvalue weighted by Crippen LogP contribution is -2.55. The smallest absolute Gasteiger partial charge is 0.217 e. The molecule has 0 saturated heterocycles. The molecule has 0 unspecified atom stereocenters. The molecule has 0 heterocycles. The average Bonchev–Trinajstić information content (AvgIpc) is 2.83. The number of carbonyl (C=O) groups excluding carboxylic acids is 1. The molecule has 0 bridgehead atoms. The Hall–Kier alpha value is -2.43. The van der Waals surface area contributed by atoms with E-state index in [0.717, 1.165) is 37.3 Å². The van der Waals surface area contributed by atoms with Crippen molar-refractivity contribution in [3.05, 3.63) is 70.8 Å². The molecule has 0 aliphatic heterocycles. The van der Waals surface area contributed by atoms with Gasteiger partial charge in [-0.1, -0.05) is 45.0 Å². The Bertz CT molecular complexity index is 1030. The zero-order valence-electron chi connectivity index (χ0n) is 22.1. The Morgan fingerprint density at radius 1 is 1.16 bits per heavy atom. The Morgan fingerprint density at radius 2 is 1.81 bits per heavy atom. The largest absolute Gasteiger partial charge is 0.351 e. The summed E-state index contributed by atoms with van der Waals surface area (Å²) in [6.45, 7) is 8.18. The molecule has 2 aromatic rings. The van der Waals surface area contributed by atoms with Crippen LogP contribution >= 0.6 is 0 Å². The molecule has 1 aliphatic carbocycles. The summed E-state index contributed by atoms with van der Waals surface area (Å²) in [6, 6.07) is 11.2. The number of nitrogens with two attached hydrogens (primary N) is 1. The standard InChI is InChI=1S/C28H40F2N4O3/c1-18(35)33-25(14-19-12-22(29)16-23(30)13-19)26(37-31)17-32-28(10-8-24(34-36)9-11-28)21-7-5-6-20(15-21)27(2,3)4/h5-7,12-13,15-16,24-26,32,34,36H,8-11,14,17,31H2,1-4H3,(H,33,35)/t24?,25-,26+,28?/m0/s1. The molecule has 0 radical (unpaired) electrons. The van der Waals surface area contributed by atoms with Gasteiger partial charge in [0, 0.05) is 31.1 Å². The lowest BCUT2D eigenvalue weighted by atomic mass is 9.73. The molecule has 1 saturated carbocycles. The SMILES string of the molecule is CC(=O)N[C@@H](Cc1cc(F)cc(F)c1)[C@@H](CNC1(c2cccc(C(C)(C)C)c2)CCC(NO)CC1)ON. The zero-order valence-corrected chi connectivity index (χ0v) is 22.1. The van der Waals surface area contributed by atoms with E-state index in [-0.39, 0.29) is 30.3 Å². The van der Waals surface area contributed by atoms with Gasteiger partial charge in [-0.05, 0) is 66.3 Å². The van der Waals surface area contributed by atoms with Crippen LogP contribution in [0.3, 0.4) is 0 Å². The highest BCUT2D eigenvalue weighted by molar-refractivity contribution is 5.73. The lowest BCUT2D eigenvalue weighted by molar-refractivity contribution is -0.121. The fourth-order valence-electron chi connectivity index (χ4n) is 5.19. The Morgan fingerprint density at radius 3 is 2.35 bits per heavy atom. The average molecular weight is 519 g/mol. The molecule has 6 N–H and O–H groups in total. The van der Waals surface area contributed by atoms with Crippen molar-refractivity contribution in [3.63, 3.8) is 0 Å². The summed E-state index contributed by atoms with van der Waals surface area (Å²) in [5.41, 5.74) is 4.70. The third-order valence-corrected chi connectivity index (χ3v) is 7.33. The van der Waals surface area contributed by atoms with Gasteiger partial charge in [-0.25, -0.2) is 20.2 Å². The minimum atomic E-state index is -0.688. The summed E-state index contributed by atoms with van der Waals surface area (Å²) >= 11 is 0. The Balaban J connectivity index is 1.87. The van der Waals surface area contributed by atoms with Crippen LogP contribution in [0.1, 0.15) is 70.1 Å². The van der Waals surface area contributed by atoms with Crippen molar-refractivity contribution in [1.82, 2.24) is 16.1 Å². The number of hydroxylamine groups is 1. The van der Waals surface area contributed by atoms with Crippen LogP contribution in [0, 0.1) is 11.6 Å². The van der Waals surface area contributed by atoms with Gasteiger partial charge in [0.2, 0.25) is 5.91 Å². The molecule has 1 aliphatic rings. The van der Waals surface area contributed by atoms with Crippen LogP contribution < -0.4 is 22.0 Å². The first kappa shape index (κ1) is 29.1. The second kappa shape index (κ2) is 12.4. The topological polar surface area (TPSA) is 109 Å². The van der Waals surface area contributed by atoms with E-state index in [9.17, 15) is 18.8 Å². The maximum absolute atomic E-state index is 13.8. The van der Waals surface area contributed by atoms with Gasteiger partial charge >= 0.3 is 0 Å². The summed E-state index contributed by atoms with van der Waals surface area (Å²) in [5.74, 6) is 4.03. The molecule has 9 heteroatoms. The van der Waals surface area contributed by atoms with E-state index in [2.05, 4.69) is 61.2 Å². The number of benzene rings is 2. The van der Waals surface area contributed by atoms with Gasteiger partial charge in [-0.2, -0.15) is 0 Å². The molecule has 1 amide bonds. The van der Waals surface area contributed by atoms with E-state index in [1.165, 1.54) is 24.6 Å². The molecule has 1 fully saturated rings. The van der Waals surface area contributed by atoms with E-state index >= 15 is 0 Å². The number of amides is 1. The molecule has 204 valence electrons. The predicted octanol–water partition coefficient (Wildman–Crippen LogP) is 3.97. The summed E-state index contributed by atoms with van der Waals surface area (Å²) in [7, 11) is 0. The minimum absolute atomic E-state index is 0.0114. The van der Waals surface area contributed by atoms with Gasteiger partial charge in [0.15, 0.2) is 0 Å². The lowest BCUT2D eigenvalue weighted by Gasteiger charge is -2.43. The number of hydrogen-bond acceptors (Lipinski definition) is 6. The van der Waals surface area contributed by atoms with Crippen molar-refractivity contribution >= 4 is 5.91 Å².